The monoisotopic (exact) mass is 301 g/mol. The van der Waals surface area contributed by atoms with Crippen LogP contribution in [0.4, 0.5) is 0 Å². The Morgan fingerprint density at radius 3 is 2.22 bits per heavy atom. The van der Waals surface area contributed by atoms with Gasteiger partial charge in [-0.05, 0) is 13.0 Å². The summed E-state index contributed by atoms with van der Waals surface area (Å²) < 4.78 is 50.4. The molecule has 0 aliphatic rings. The minimum Gasteiger partial charge on any atom is -0.383 e. The zero-order valence-corrected chi connectivity index (χ0v) is 12.8. The summed E-state index contributed by atoms with van der Waals surface area (Å²) in [6, 6.07) is -0.292. The molecule has 0 heterocycles. The highest BCUT2D eigenvalue weighted by Gasteiger charge is 2.20. The highest BCUT2D eigenvalue weighted by Crippen LogP contribution is 1.99. The number of methoxy groups -OCH3 is 1. The molecule has 0 spiro atoms. The van der Waals surface area contributed by atoms with Gasteiger partial charge in [0.05, 0.1) is 23.9 Å². The second-order valence-electron chi connectivity index (χ2n) is 4.35. The molecule has 0 aromatic carbocycles. The molecular formula is C10H23NO5S2. The fourth-order valence-corrected chi connectivity index (χ4v) is 4.60. The van der Waals surface area contributed by atoms with Gasteiger partial charge in [-0.1, -0.05) is 6.92 Å². The van der Waals surface area contributed by atoms with Gasteiger partial charge in [-0.2, -0.15) is 0 Å². The third-order valence-corrected chi connectivity index (χ3v) is 5.21. The second kappa shape index (κ2) is 8.08. The Balaban J connectivity index is 4.40. The van der Waals surface area contributed by atoms with Gasteiger partial charge in [-0.25, -0.2) is 16.8 Å². The van der Waals surface area contributed by atoms with Crippen molar-refractivity contribution in [3.8, 4) is 0 Å². The quantitative estimate of drug-likeness (QED) is 0.583. The summed E-state index contributed by atoms with van der Waals surface area (Å²) in [7, 11) is -5.14. The number of hydrogen-bond donors (Lipinski definition) is 1. The van der Waals surface area contributed by atoms with Crippen LogP contribution in [-0.2, 0) is 24.4 Å². The van der Waals surface area contributed by atoms with E-state index in [1.165, 1.54) is 7.11 Å². The summed E-state index contributed by atoms with van der Waals surface area (Å²) in [5.41, 5.74) is 0. The normalized spacial score (nSPS) is 14.6. The molecular weight excluding hydrogens is 278 g/mol. The van der Waals surface area contributed by atoms with Crippen molar-refractivity contribution in [1.82, 2.24) is 5.32 Å². The molecule has 0 amide bonds. The maximum absolute atomic E-state index is 11.8. The first-order valence-corrected chi connectivity index (χ1v) is 9.69. The number of ether oxygens (including phenoxy) is 1. The van der Waals surface area contributed by atoms with Crippen LogP contribution in [0.3, 0.4) is 0 Å². The molecule has 0 aliphatic heterocycles. The molecule has 0 aromatic rings. The molecule has 0 saturated carbocycles. The van der Waals surface area contributed by atoms with Gasteiger partial charge in [0.2, 0.25) is 0 Å². The van der Waals surface area contributed by atoms with Crippen molar-refractivity contribution >= 4 is 19.7 Å². The summed E-state index contributed by atoms with van der Waals surface area (Å²) >= 11 is 0. The van der Waals surface area contributed by atoms with Gasteiger partial charge in [0.15, 0.2) is 9.84 Å². The van der Waals surface area contributed by atoms with Gasteiger partial charge in [0, 0.05) is 19.4 Å². The Hall–Kier alpha value is -0.180. The topological polar surface area (TPSA) is 89.5 Å². The molecule has 0 aliphatic carbocycles. The molecule has 0 saturated heterocycles. The number of sulfone groups is 2. The van der Waals surface area contributed by atoms with Crippen LogP contribution in [0.1, 0.15) is 13.3 Å². The molecule has 0 fully saturated rings. The molecule has 110 valence electrons. The SMILES string of the molecule is CCCNC(COC)CS(=O)(=O)CCS(C)(=O)=O. The molecule has 0 radical (unpaired) electrons. The minimum absolute atomic E-state index is 0.101. The first-order chi connectivity index (χ1) is 8.20. The second-order valence-corrected chi connectivity index (χ2v) is 8.84. The Morgan fingerprint density at radius 2 is 1.78 bits per heavy atom. The molecule has 0 rings (SSSR count). The van der Waals surface area contributed by atoms with Crippen LogP contribution >= 0.6 is 0 Å². The van der Waals surface area contributed by atoms with Crippen LogP contribution in [0.2, 0.25) is 0 Å². The minimum atomic E-state index is -3.39. The maximum atomic E-state index is 11.8. The predicted molar refractivity (Wildman–Crippen MR) is 72.3 cm³/mol. The molecule has 1 N–H and O–H groups in total. The predicted octanol–water partition coefficient (Wildman–Crippen LogP) is -0.540. The van der Waals surface area contributed by atoms with Crippen LogP contribution < -0.4 is 5.32 Å². The lowest BCUT2D eigenvalue weighted by molar-refractivity contribution is 0.173. The molecule has 1 unspecified atom stereocenters. The van der Waals surface area contributed by atoms with Crippen molar-refractivity contribution in [1.29, 1.82) is 0 Å². The van der Waals surface area contributed by atoms with E-state index in [1.807, 2.05) is 6.92 Å². The Bertz CT molecular complexity index is 416. The van der Waals surface area contributed by atoms with Crippen molar-refractivity contribution in [3.63, 3.8) is 0 Å². The van der Waals surface area contributed by atoms with Crippen LogP contribution in [0.25, 0.3) is 0 Å². The van der Waals surface area contributed by atoms with Crippen molar-refractivity contribution < 1.29 is 21.6 Å². The summed E-state index contributed by atoms with van der Waals surface area (Å²) in [5, 5.41) is 3.07. The van der Waals surface area contributed by atoms with Gasteiger partial charge < -0.3 is 10.1 Å². The van der Waals surface area contributed by atoms with E-state index < -0.39 is 19.7 Å². The molecule has 0 bridgehead atoms. The van der Waals surface area contributed by atoms with E-state index in [-0.39, 0.29) is 29.9 Å². The van der Waals surface area contributed by atoms with E-state index >= 15 is 0 Å². The first-order valence-electron chi connectivity index (χ1n) is 5.80. The van der Waals surface area contributed by atoms with Gasteiger partial charge in [-0.15, -0.1) is 0 Å². The van der Waals surface area contributed by atoms with Crippen LogP contribution in [0, 0.1) is 0 Å². The zero-order chi connectivity index (χ0) is 14.2. The van der Waals surface area contributed by atoms with E-state index in [1.54, 1.807) is 0 Å². The van der Waals surface area contributed by atoms with E-state index in [0.717, 1.165) is 12.7 Å². The Labute approximate surface area is 110 Å². The number of hydrogen-bond acceptors (Lipinski definition) is 6. The lowest BCUT2D eigenvalue weighted by Crippen LogP contribution is -2.40. The zero-order valence-electron chi connectivity index (χ0n) is 11.2. The van der Waals surface area contributed by atoms with Crippen LogP contribution in [-0.4, -0.2) is 66.7 Å². The van der Waals surface area contributed by atoms with Crippen LogP contribution in [0.15, 0.2) is 0 Å². The molecule has 6 nitrogen and oxygen atoms in total. The fourth-order valence-electron chi connectivity index (χ4n) is 1.38. The molecule has 0 aromatic heterocycles. The Kier molecular flexibility index (Phi) is 8.00. The summed E-state index contributed by atoms with van der Waals surface area (Å²) in [5.74, 6) is -0.765. The van der Waals surface area contributed by atoms with Crippen molar-refractivity contribution in [2.45, 2.75) is 19.4 Å². The lowest BCUT2D eigenvalue weighted by atomic mass is 10.3. The summed E-state index contributed by atoms with van der Waals surface area (Å²) in [6.45, 7) is 2.97. The van der Waals surface area contributed by atoms with Gasteiger partial charge >= 0.3 is 0 Å². The van der Waals surface area contributed by atoms with E-state index in [2.05, 4.69) is 5.32 Å². The van der Waals surface area contributed by atoms with Gasteiger partial charge in [0.1, 0.15) is 9.84 Å². The van der Waals surface area contributed by atoms with Gasteiger partial charge in [-0.3, -0.25) is 0 Å². The van der Waals surface area contributed by atoms with E-state index in [9.17, 15) is 16.8 Å². The molecule has 8 heteroatoms. The van der Waals surface area contributed by atoms with E-state index in [0.29, 0.717) is 6.54 Å². The van der Waals surface area contributed by atoms with Gasteiger partial charge in [0.25, 0.3) is 0 Å². The molecule has 18 heavy (non-hydrogen) atoms. The van der Waals surface area contributed by atoms with Crippen molar-refractivity contribution in [3.05, 3.63) is 0 Å². The highest BCUT2D eigenvalue weighted by atomic mass is 32.2. The third-order valence-electron chi connectivity index (χ3n) is 2.27. The van der Waals surface area contributed by atoms with Crippen LogP contribution in [0.5, 0.6) is 0 Å². The maximum Gasteiger partial charge on any atom is 0.152 e. The fraction of sp³-hybridized carbons (Fsp3) is 1.00. The molecule has 1 atom stereocenters. The van der Waals surface area contributed by atoms with Crippen molar-refractivity contribution in [2.75, 3.05) is 43.8 Å². The van der Waals surface area contributed by atoms with E-state index in [4.69, 9.17) is 4.74 Å². The average molecular weight is 301 g/mol. The first kappa shape index (κ1) is 17.8. The smallest absolute Gasteiger partial charge is 0.152 e. The number of nitrogens with one attached hydrogen (secondary N) is 1. The third kappa shape index (κ3) is 9.81. The lowest BCUT2D eigenvalue weighted by Gasteiger charge is -2.17. The largest absolute Gasteiger partial charge is 0.383 e. The standard InChI is InChI=1S/C10H23NO5S2/c1-4-5-11-10(8-16-2)9-18(14,15)7-6-17(3,12)13/h10-11H,4-9H2,1-3H3. The summed E-state index contributed by atoms with van der Waals surface area (Å²) in [6.07, 6.45) is 1.92. The number of rotatable bonds is 10. The summed E-state index contributed by atoms with van der Waals surface area (Å²) in [4.78, 5) is 0. The average Bonchev–Trinajstić information content (AvgIpc) is 2.22. The highest BCUT2D eigenvalue weighted by molar-refractivity contribution is 7.94. The van der Waals surface area contributed by atoms with Crippen molar-refractivity contribution in [2.24, 2.45) is 0 Å². The Morgan fingerprint density at radius 1 is 1.17 bits per heavy atom.